The number of rotatable bonds is 0. The van der Waals surface area contributed by atoms with Crippen LogP contribution in [-0.4, -0.2) is 20.4 Å². The number of carbonyl (C=O) groups excluding carboxylic acids is 3. The predicted octanol–water partition coefficient (Wildman–Crippen LogP) is 1.75. The summed E-state index contributed by atoms with van der Waals surface area (Å²) in [6.45, 7) is 10.2. The van der Waals surface area contributed by atoms with Crippen LogP contribution in [0.1, 0.15) is 11.1 Å². The average Bonchev–Trinajstić information content (AvgIpc) is 2.31. The van der Waals surface area contributed by atoms with Gasteiger partial charge >= 0.3 is 0 Å². The Labute approximate surface area is 102 Å². The van der Waals surface area contributed by atoms with Crippen molar-refractivity contribution in [3.8, 4) is 0 Å². The number of carbonyl (C=O) groups is 3. The maximum absolute atomic E-state index is 8.00. The van der Waals surface area contributed by atoms with E-state index in [-0.39, 0.29) is 17.4 Å². The van der Waals surface area contributed by atoms with E-state index in [0.717, 1.165) is 0 Å². The quantitative estimate of drug-likeness (QED) is 0.702. The molecule has 0 amide bonds. The van der Waals surface area contributed by atoms with Gasteiger partial charge in [0.1, 0.15) is 20.4 Å². The SMILES string of the molecule is C=O.C=O.C=O.Cc1ccccc1C.[Cr]. The summed E-state index contributed by atoms with van der Waals surface area (Å²) in [5.74, 6) is 0. The van der Waals surface area contributed by atoms with Crippen LogP contribution in [0.25, 0.3) is 0 Å². The van der Waals surface area contributed by atoms with Crippen LogP contribution in [0.3, 0.4) is 0 Å². The molecule has 0 aliphatic rings. The molecular formula is C11H16CrO3. The van der Waals surface area contributed by atoms with Gasteiger partial charge in [0.05, 0.1) is 0 Å². The van der Waals surface area contributed by atoms with Crippen molar-refractivity contribution in [2.75, 3.05) is 0 Å². The molecule has 0 atom stereocenters. The van der Waals surface area contributed by atoms with Gasteiger partial charge in [-0.3, -0.25) is 0 Å². The third kappa shape index (κ3) is 15.5. The third-order valence-corrected chi connectivity index (χ3v) is 1.43. The number of hydrogen-bond donors (Lipinski definition) is 0. The van der Waals surface area contributed by atoms with Crippen LogP contribution in [0.2, 0.25) is 0 Å². The number of benzene rings is 1. The second kappa shape index (κ2) is 23.0. The minimum atomic E-state index is 0. The molecule has 1 rings (SSSR count). The van der Waals surface area contributed by atoms with Crippen LogP contribution >= 0.6 is 0 Å². The van der Waals surface area contributed by atoms with E-state index in [1.165, 1.54) is 11.1 Å². The van der Waals surface area contributed by atoms with Crippen molar-refractivity contribution in [2.45, 2.75) is 13.8 Å². The number of aryl methyl sites for hydroxylation is 2. The summed E-state index contributed by atoms with van der Waals surface area (Å²) in [5, 5.41) is 0. The first kappa shape index (κ1) is 23.5. The summed E-state index contributed by atoms with van der Waals surface area (Å²) >= 11 is 0. The molecule has 84 valence electrons. The van der Waals surface area contributed by atoms with E-state index in [2.05, 4.69) is 38.1 Å². The van der Waals surface area contributed by atoms with Gasteiger partial charge < -0.3 is 14.4 Å². The van der Waals surface area contributed by atoms with Crippen LogP contribution in [0.15, 0.2) is 24.3 Å². The van der Waals surface area contributed by atoms with Gasteiger partial charge in [0.15, 0.2) is 0 Å². The van der Waals surface area contributed by atoms with Crippen molar-refractivity contribution in [3.05, 3.63) is 35.4 Å². The van der Waals surface area contributed by atoms with Crippen molar-refractivity contribution in [3.63, 3.8) is 0 Å². The first-order valence-corrected chi connectivity index (χ1v) is 3.69. The molecule has 0 saturated carbocycles. The molecule has 0 fully saturated rings. The smallest absolute Gasteiger partial charge is 0.106 e. The Balaban J connectivity index is -0.0000000755. The van der Waals surface area contributed by atoms with E-state index in [1.807, 2.05) is 20.4 Å². The molecule has 0 aromatic heterocycles. The van der Waals surface area contributed by atoms with E-state index in [4.69, 9.17) is 14.4 Å². The molecule has 0 N–H and O–H groups in total. The molecule has 0 radical (unpaired) electrons. The number of hydrogen-bond acceptors (Lipinski definition) is 3. The van der Waals surface area contributed by atoms with Gasteiger partial charge in [0.25, 0.3) is 0 Å². The zero-order valence-corrected chi connectivity index (χ0v) is 10.3. The Morgan fingerprint density at radius 2 is 0.933 bits per heavy atom. The van der Waals surface area contributed by atoms with Gasteiger partial charge in [0.2, 0.25) is 0 Å². The topological polar surface area (TPSA) is 51.2 Å². The van der Waals surface area contributed by atoms with E-state index in [0.29, 0.717) is 0 Å². The fourth-order valence-corrected chi connectivity index (χ4v) is 0.663. The molecule has 0 aliphatic carbocycles. The molecule has 15 heavy (non-hydrogen) atoms. The summed E-state index contributed by atoms with van der Waals surface area (Å²) < 4.78 is 0. The van der Waals surface area contributed by atoms with Crippen molar-refractivity contribution in [1.82, 2.24) is 0 Å². The Bertz CT molecular complexity index is 203. The first-order chi connectivity index (χ1) is 6.80. The van der Waals surface area contributed by atoms with Crippen LogP contribution < -0.4 is 0 Å². The Morgan fingerprint density at radius 1 is 0.733 bits per heavy atom. The maximum Gasteiger partial charge on any atom is 0.106 e. The van der Waals surface area contributed by atoms with Gasteiger partial charge in [-0.25, -0.2) is 0 Å². The van der Waals surface area contributed by atoms with Crippen molar-refractivity contribution in [2.24, 2.45) is 0 Å². The fraction of sp³-hybridized carbons (Fsp3) is 0.182. The summed E-state index contributed by atoms with van der Waals surface area (Å²) in [5.41, 5.74) is 2.74. The van der Waals surface area contributed by atoms with E-state index in [1.54, 1.807) is 0 Å². The van der Waals surface area contributed by atoms with Gasteiger partial charge in [-0.05, 0) is 25.0 Å². The molecule has 0 saturated heterocycles. The van der Waals surface area contributed by atoms with Gasteiger partial charge in [-0.1, -0.05) is 24.3 Å². The second-order valence-corrected chi connectivity index (χ2v) is 2.08. The van der Waals surface area contributed by atoms with E-state index >= 15 is 0 Å². The Morgan fingerprint density at radius 3 is 1.07 bits per heavy atom. The fourth-order valence-electron chi connectivity index (χ4n) is 0.663. The van der Waals surface area contributed by atoms with Crippen LogP contribution in [0.4, 0.5) is 0 Å². The van der Waals surface area contributed by atoms with E-state index < -0.39 is 0 Å². The second-order valence-electron chi connectivity index (χ2n) is 2.08. The third-order valence-electron chi connectivity index (χ3n) is 1.43. The summed E-state index contributed by atoms with van der Waals surface area (Å²) in [6.07, 6.45) is 0. The summed E-state index contributed by atoms with van der Waals surface area (Å²) in [6, 6.07) is 8.36. The zero-order valence-electron chi connectivity index (χ0n) is 9.06. The molecule has 3 nitrogen and oxygen atoms in total. The Hall–Kier alpha value is -1.24. The molecule has 1 aromatic carbocycles. The largest absolute Gasteiger partial charge is 0.307 e. The molecule has 0 unspecified atom stereocenters. The molecule has 1 aromatic rings. The van der Waals surface area contributed by atoms with E-state index in [9.17, 15) is 0 Å². The van der Waals surface area contributed by atoms with Gasteiger partial charge in [-0.2, -0.15) is 0 Å². The molecule has 4 heteroatoms. The predicted molar refractivity (Wildman–Crippen MR) is 57.3 cm³/mol. The zero-order chi connectivity index (χ0) is 12.0. The summed E-state index contributed by atoms with van der Waals surface area (Å²) in [7, 11) is 0. The average molecular weight is 248 g/mol. The monoisotopic (exact) mass is 248 g/mol. The maximum atomic E-state index is 8.00. The van der Waals surface area contributed by atoms with Crippen LogP contribution in [0.5, 0.6) is 0 Å². The Kier molecular flexibility index (Phi) is 36.1. The summed E-state index contributed by atoms with van der Waals surface area (Å²) in [4.78, 5) is 24.0. The normalized spacial score (nSPS) is 5.73. The molecule has 0 aliphatic heterocycles. The first-order valence-electron chi connectivity index (χ1n) is 3.69. The van der Waals surface area contributed by atoms with Crippen molar-refractivity contribution < 1.29 is 31.7 Å². The molecule has 0 heterocycles. The van der Waals surface area contributed by atoms with Crippen LogP contribution in [-0.2, 0) is 31.7 Å². The molecular weight excluding hydrogens is 232 g/mol. The van der Waals surface area contributed by atoms with Gasteiger partial charge in [-0.15, -0.1) is 0 Å². The minimum Gasteiger partial charge on any atom is -0.307 e. The molecule has 0 spiro atoms. The molecule has 0 bridgehead atoms. The van der Waals surface area contributed by atoms with Gasteiger partial charge in [0, 0.05) is 17.4 Å². The standard InChI is InChI=1S/C8H10.3CH2O.Cr/c1-7-5-3-4-6-8(7)2;3*1-2;/h3-6H,1-2H3;3*1H2;. The van der Waals surface area contributed by atoms with Crippen LogP contribution in [0, 0.1) is 13.8 Å². The minimum absolute atomic E-state index is 0. The van der Waals surface area contributed by atoms with Crippen molar-refractivity contribution in [1.29, 1.82) is 0 Å². The van der Waals surface area contributed by atoms with Crippen molar-refractivity contribution >= 4 is 20.4 Å².